The van der Waals surface area contributed by atoms with Crippen LogP contribution in [0.25, 0.3) is 0 Å². The number of hydrogen-bond donors (Lipinski definition) is 1. The molecule has 0 unspecified atom stereocenters. The van der Waals surface area contributed by atoms with E-state index in [-0.39, 0.29) is 17.3 Å². The van der Waals surface area contributed by atoms with Gasteiger partial charge in [0.2, 0.25) is 5.91 Å². The number of anilines is 1. The SMILES string of the molecule is CCCC[C@H](CC)CNC(=O)CN(c1cccc(C)c1C)S(=O)(=O)c1ccccc1. The molecule has 1 amide bonds. The van der Waals surface area contributed by atoms with Gasteiger partial charge in [-0.1, -0.05) is 63.4 Å². The lowest BCUT2D eigenvalue weighted by molar-refractivity contribution is -0.119. The Hall–Kier alpha value is -2.34. The third kappa shape index (κ3) is 6.08. The molecule has 0 aliphatic carbocycles. The lowest BCUT2D eigenvalue weighted by Crippen LogP contribution is -2.42. The van der Waals surface area contributed by atoms with Crippen LogP contribution in [0.3, 0.4) is 0 Å². The summed E-state index contributed by atoms with van der Waals surface area (Å²) in [5, 5.41) is 2.96. The Labute approximate surface area is 181 Å². The van der Waals surface area contributed by atoms with E-state index < -0.39 is 10.0 Å². The zero-order chi connectivity index (χ0) is 22.1. The second-order valence-electron chi connectivity index (χ2n) is 7.76. The van der Waals surface area contributed by atoms with Crippen molar-refractivity contribution < 1.29 is 13.2 Å². The first-order chi connectivity index (χ1) is 14.3. The van der Waals surface area contributed by atoms with E-state index in [4.69, 9.17) is 0 Å². The van der Waals surface area contributed by atoms with Crippen LogP contribution in [0, 0.1) is 19.8 Å². The van der Waals surface area contributed by atoms with E-state index in [0.717, 1.165) is 36.8 Å². The fourth-order valence-corrected chi connectivity index (χ4v) is 4.91. The van der Waals surface area contributed by atoms with Crippen molar-refractivity contribution in [3.8, 4) is 0 Å². The first kappa shape index (κ1) is 23.9. The molecule has 0 radical (unpaired) electrons. The number of aryl methyl sites for hydroxylation is 1. The fourth-order valence-electron chi connectivity index (χ4n) is 3.41. The maximum absolute atomic E-state index is 13.4. The highest BCUT2D eigenvalue weighted by Gasteiger charge is 2.28. The number of nitrogens with zero attached hydrogens (tertiary/aromatic N) is 1. The van der Waals surface area contributed by atoms with Crippen molar-refractivity contribution in [3.05, 3.63) is 59.7 Å². The predicted molar refractivity (Wildman–Crippen MR) is 123 cm³/mol. The Bertz CT molecular complexity index is 927. The molecule has 0 saturated carbocycles. The van der Waals surface area contributed by atoms with Gasteiger partial charge < -0.3 is 5.32 Å². The average molecular weight is 431 g/mol. The summed E-state index contributed by atoms with van der Waals surface area (Å²) in [5.41, 5.74) is 2.36. The van der Waals surface area contributed by atoms with Gasteiger partial charge in [0.1, 0.15) is 6.54 Å². The number of carbonyl (C=O) groups excluding carboxylic acids is 1. The second-order valence-corrected chi connectivity index (χ2v) is 9.63. The molecule has 1 atom stereocenters. The summed E-state index contributed by atoms with van der Waals surface area (Å²) in [6, 6.07) is 13.8. The molecule has 164 valence electrons. The van der Waals surface area contributed by atoms with E-state index in [0.29, 0.717) is 18.2 Å². The molecule has 0 saturated heterocycles. The quantitative estimate of drug-likeness (QED) is 0.555. The standard InChI is InChI=1S/C24H34N2O3S/c1-5-7-13-21(6-2)17-25-24(27)18-26(23-16-11-12-19(3)20(23)4)30(28,29)22-14-9-8-10-15-22/h8-12,14-16,21H,5-7,13,17-18H2,1-4H3,(H,25,27)/t21-/m0/s1. The molecule has 6 heteroatoms. The highest BCUT2D eigenvalue weighted by Crippen LogP contribution is 2.28. The number of unbranched alkanes of at least 4 members (excludes halogenated alkanes) is 1. The number of benzene rings is 2. The van der Waals surface area contributed by atoms with Gasteiger partial charge in [-0.3, -0.25) is 9.10 Å². The number of rotatable bonds is 11. The normalized spacial score (nSPS) is 12.4. The minimum Gasteiger partial charge on any atom is -0.354 e. The van der Waals surface area contributed by atoms with Crippen molar-refractivity contribution >= 4 is 21.6 Å². The van der Waals surface area contributed by atoms with Crippen LogP contribution in [0.1, 0.15) is 50.7 Å². The second kappa shape index (κ2) is 11.2. The summed E-state index contributed by atoms with van der Waals surface area (Å²) < 4.78 is 28.1. The van der Waals surface area contributed by atoms with Gasteiger partial charge in [-0.15, -0.1) is 0 Å². The Morgan fingerprint density at radius 3 is 2.37 bits per heavy atom. The van der Waals surface area contributed by atoms with Gasteiger partial charge in [0, 0.05) is 6.54 Å². The highest BCUT2D eigenvalue weighted by molar-refractivity contribution is 7.92. The summed E-state index contributed by atoms with van der Waals surface area (Å²) >= 11 is 0. The van der Waals surface area contributed by atoms with E-state index in [1.807, 2.05) is 26.0 Å². The molecule has 0 aromatic heterocycles. The maximum Gasteiger partial charge on any atom is 0.264 e. The van der Waals surface area contributed by atoms with Gasteiger partial charge in [-0.25, -0.2) is 8.42 Å². The summed E-state index contributed by atoms with van der Waals surface area (Å²) in [7, 11) is -3.87. The van der Waals surface area contributed by atoms with Crippen LogP contribution in [0.15, 0.2) is 53.4 Å². The van der Waals surface area contributed by atoms with Crippen LogP contribution in [0.5, 0.6) is 0 Å². The van der Waals surface area contributed by atoms with Crippen molar-refractivity contribution in [2.24, 2.45) is 5.92 Å². The van der Waals surface area contributed by atoms with Gasteiger partial charge in [-0.05, 0) is 55.5 Å². The van der Waals surface area contributed by atoms with Crippen LogP contribution in [0.2, 0.25) is 0 Å². The lowest BCUT2D eigenvalue weighted by Gasteiger charge is -2.26. The summed E-state index contributed by atoms with van der Waals surface area (Å²) in [6.07, 6.45) is 4.31. The van der Waals surface area contributed by atoms with E-state index in [2.05, 4.69) is 19.2 Å². The maximum atomic E-state index is 13.4. The summed E-state index contributed by atoms with van der Waals surface area (Å²) in [5.74, 6) is 0.124. The molecule has 0 spiro atoms. The monoisotopic (exact) mass is 430 g/mol. The molecule has 0 aliphatic heterocycles. The third-order valence-corrected chi connectivity index (χ3v) is 7.37. The topological polar surface area (TPSA) is 66.5 Å². The molecule has 2 aromatic rings. The van der Waals surface area contributed by atoms with E-state index in [9.17, 15) is 13.2 Å². The summed E-state index contributed by atoms with van der Waals surface area (Å²) in [4.78, 5) is 13.0. The van der Waals surface area contributed by atoms with Crippen molar-refractivity contribution in [2.75, 3.05) is 17.4 Å². The fraction of sp³-hybridized carbons (Fsp3) is 0.458. The molecular weight excluding hydrogens is 396 g/mol. The molecule has 0 heterocycles. The largest absolute Gasteiger partial charge is 0.354 e. The first-order valence-electron chi connectivity index (χ1n) is 10.7. The van der Waals surface area contributed by atoms with Crippen molar-refractivity contribution in [2.45, 2.75) is 58.3 Å². The van der Waals surface area contributed by atoms with Crippen molar-refractivity contribution in [1.82, 2.24) is 5.32 Å². The predicted octanol–water partition coefficient (Wildman–Crippen LogP) is 4.83. The molecular formula is C24H34N2O3S. The smallest absolute Gasteiger partial charge is 0.264 e. The number of nitrogens with one attached hydrogen (secondary N) is 1. The van der Waals surface area contributed by atoms with Crippen LogP contribution in [-0.4, -0.2) is 27.4 Å². The molecule has 0 fully saturated rings. The van der Waals surface area contributed by atoms with Crippen LogP contribution in [-0.2, 0) is 14.8 Å². The van der Waals surface area contributed by atoms with Gasteiger partial charge in [-0.2, -0.15) is 0 Å². The first-order valence-corrected chi connectivity index (χ1v) is 12.2. The molecule has 0 aliphatic rings. The van der Waals surface area contributed by atoms with Crippen LogP contribution in [0.4, 0.5) is 5.69 Å². The Balaban J connectivity index is 2.29. The lowest BCUT2D eigenvalue weighted by atomic mass is 9.99. The molecule has 5 nitrogen and oxygen atoms in total. The molecule has 2 rings (SSSR count). The molecule has 0 bridgehead atoms. The minimum atomic E-state index is -3.87. The summed E-state index contributed by atoms with van der Waals surface area (Å²) in [6.45, 7) is 8.42. The van der Waals surface area contributed by atoms with Gasteiger partial charge >= 0.3 is 0 Å². The minimum absolute atomic E-state index is 0.174. The Morgan fingerprint density at radius 2 is 1.73 bits per heavy atom. The highest BCUT2D eigenvalue weighted by atomic mass is 32.2. The van der Waals surface area contributed by atoms with E-state index in [1.54, 1.807) is 36.4 Å². The third-order valence-electron chi connectivity index (χ3n) is 5.59. The Morgan fingerprint density at radius 1 is 1.03 bits per heavy atom. The van der Waals surface area contributed by atoms with Gasteiger partial charge in [0.25, 0.3) is 10.0 Å². The van der Waals surface area contributed by atoms with Gasteiger partial charge in [0.15, 0.2) is 0 Å². The average Bonchev–Trinajstić information content (AvgIpc) is 2.75. The van der Waals surface area contributed by atoms with E-state index >= 15 is 0 Å². The zero-order valence-electron chi connectivity index (χ0n) is 18.5. The number of amides is 1. The van der Waals surface area contributed by atoms with Crippen LogP contribution >= 0.6 is 0 Å². The molecule has 2 aromatic carbocycles. The van der Waals surface area contributed by atoms with Crippen molar-refractivity contribution in [1.29, 1.82) is 0 Å². The molecule has 30 heavy (non-hydrogen) atoms. The number of hydrogen-bond acceptors (Lipinski definition) is 3. The number of carbonyl (C=O) groups is 1. The van der Waals surface area contributed by atoms with E-state index in [1.165, 1.54) is 4.31 Å². The van der Waals surface area contributed by atoms with Gasteiger partial charge in [0.05, 0.1) is 10.6 Å². The zero-order valence-corrected chi connectivity index (χ0v) is 19.3. The molecule has 1 N–H and O–H groups in total. The van der Waals surface area contributed by atoms with Crippen LogP contribution < -0.4 is 9.62 Å². The van der Waals surface area contributed by atoms with Crippen molar-refractivity contribution in [3.63, 3.8) is 0 Å². The Kier molecular flexibility index (Phi) is 8.90. The number of sulfonamides is 1.